The van der Waals surface area contributed by atoms with Gasteiger partial charge in [-0.1, -0.05) is 0 Å². The second kappa shape index (κ2) is 12.0. The summed E-state index contributed by atoms with van der Waals surface area (Å²) in [5.41, 5.74) is 2.38. The SMILES string of the molecule is COc1cc(/C=C/c2cc(/C=C/c3cc(OC)c(O)cc3OC)[n+](C)c(=O)n2C)c(OC)cc1O.[Cl-]. The molecule has 2 aromatic carbocycles. The Morgan fingerprint density at radius 1 is 0.722 bits per heavy atom. The largest absolute Gasteiger partial charge is 1.00 e. The number of aromatic hydroxyl groups is 2. The van der Waals surface area contributed by atoms with Crippen LogP contribution < -0.4 is 41.6 Å². The Morgan fingerprint density at radius 2 is 1.17 bits per heavy atom. The summed E-state index contributed by atoms with van der Waals surface area (Å²) in [6, 6.07) is 8.09. The van der Waals surface area contributed by atoms with Crippen LogP contribution in [0.3, 0.4) is 0 Å². The van der Waals surface area contributed by atoms with Gasteiger partial charge in [-0.2, -0.15) is 13.9 Å². The topological polar surface area (TPSA) is 103 Å². The lowest BCUT2D eigenvalue weighted by atomic mass is 10.1. The zero-order valence-electron chi connectivity index (χ0n) is 20.9. The molecule has 0 amide bonds. The van der Waals surface area contributed by atoms with E-state index in [4.69, 9.17) is 18.9 Å². The van der Waals surface area contributed by atoms with Crippen molar-refractivity contribution in [2.24, 2.45) is 14.1 Å². The molecule has 0 aliphatic carbocycles. The third-order valence-electron chi connectivity index (χ3n) is 5.57. The lowest BCUT2D eigenvalue weighted by Crippen LogP contribution is -3.00. The van der Waals surface area contributed by atoms with E-state index in [0.29, 0.717) is 45.5 Å². The van der Waals surface area contributed by atoms with Crippen LogP contribution in [0, 0.1) is 0 Å². The van der Waals surface area contributed by atoms with E-state index in [1.165, 1.54) is 49.7 Å². The highest BCUT2D eigenvalue weighted by molar-refractivity contribution is 5.76. The Hall–Kier alpha value is -4.11. The second-order valence-corrected chi connectivity index (χ2v) is 7.59. The Bertz CT molecular complexity index is 1260. The average Bonchev–Trinajstić information content (AvgIpc) is 2.86. The Morgan fingerprint density at radius 3 is 1.61 bits per heavy atom. The molecule has 10 heteroatoms. The highest BCUT2D eigenvalue weighted by Gasteiger charge is 2.15. The van der Waals surface area contributed by atoms with Gasteiger partial charge in [0.1, 0.15) is 22.9 Å². The van der Waals surface area contributed by atoms with Crippen molar-refractivity contribution >= 4 is 24.3 Å². The van der Waals surface area contributed by atoms with Gasteiger partial charge < -0.3 is 41.6 Å². The number of phenols is 2. The molecule has 0 fully saturated rings. The standard InChI is InChI=1S/C26H28N2O7.ClH/c1-27-18(9-7-16-11-24(34-5)20(29)14-22(16)32-3)13-19(28(2)26(27)31)10-8-17-12-25(35-6)21(30)15-23(17)33-4;/h7-15H,1-6H3,(H,29,30);1H. The molecule has 1 aromatic heterocycles. The number of ether oxygens (including phenoxy) is 4. The van der Waals surface area contributed by atoms with E-state index in [1.807, 2.05) is 6.07 Å². The van der Waals surface area contributed by atoms with Gasteiger partial charge in [0.25, 0.3) is 0 Å². The van der Waals surface area contributed by atoms with E-state index >= 15 is 0 Å². The molecule has 192 valence electrons. The number of aromatic nitrogens is 2. The van der Waals surface area contributed by atoms with Crippen LogP contribution in [-0.4, -0.2) is 43.2 Å². The summed E-state index contributed by atoms with van der Waals surface area (Å²) < 4.78 is 24.1. The summed E-state index contributed by atoms with van der Waals surface area (Å²) in [5, 5.41) is 20.0. The van der Waals surface area contributed by atoms with Crippen LogP contribution in [0.5, 0.6) is 34.5 Å². The smallest absolute Gasteiger partial charge is 0.498 e. The molecule has 0 radical (unpaired) electrons. The van der Waals surface area contributed by atoms with Crippen LogP contribution >= 0.6 is 0 Å². The van der Waals surface area contributed by atoms with Gasteiger partial charge in [0.05, 0.1) is 42.5 Å². The first-order valence-electron chi connectivity index (χ1n) is 10.6. The monoisotopic (exact) mass is 516 g/mol. The van der Waals surface area contributed by atoms with Gasteiger partial charge in [0.2, 0.25) is 0 Å². The molecule has 3 aromatic rings. The number of nitrogens with zero attached hydrogens (tertiary/aromatic N) is 2. The number of hydrogen-bond acceptors (Lipinski definition) is 7. The third kappa shape index (κ3) is 5.75. The van der Waals surface area contributed by atoms with E-state index in [0.717, 1.165) is 0 Å². The average molecular weight is 517 g/mol. The molecule has 0 spiro atoms. The zero-order valence-corrected chi connectivity index (χ0v) is 21.7. The molecule has 0 unspecified atom stereocenters. The fourth-order valence-electron chi connectivity index (χ4n) is 3.53. The van der Waals surface area contributed by atoms with Crippen LogP contribution in [0.15, 0.2) is 35.1 Å². The number of methoxy groups -OCH3 is 4. The molecular weight excluding hydrogens is 488 g/mol. The maximum absolute atomic E-state index is 12.9. The maximum Gasteiger partial charge on any atom is 0.498 e. The van der Waals surface area contributed by atoms with Crippen LogP contribution in [-0.2, 0) is 14.1 Å². The molecular formula is C26H29ClN2O7. The van der Waals surface area contributed by atoms with Gasteiger partial charge in [-0.25, -0.2) is 0 Å². The summed E-state index contributed by atoms with van der Waals surface area (Å²) in [6.45, 7) is 0. The number of halogens is 1. The van der Waals surface area contributed by atoms with Crippen molar-refractivity contribution in [3.8, 4) is 34.5 Å². The number of phenolic OH excluding ortho intramolecular Hbond substituents is 2. The minimum absolute atomic E-state index is 0. The van der Waals surface area contributed by atoms with E-state index in [2.05, 4.69) is 0 Å². The Labute approximate surface area is 215 Å². The summed E-state index contributed by atoms with van der Waals surface area (Å²) in [4.78, 5) is 12.9. The predicted molar refractivity (Wildman–Crippen MR) is 133 cm³/mol. The highest BCUT2D eigenvalue weighted by Crippen LogP contribution is 2.35. The van der Waals surface area contributed by atoms with Crippen molar-refractivity contribution in [2.45, 2.75) is 0 Å². The molecule has 2 N–H and O–H groups in total. The van der Waals surface area contributed by atoms with E-state index in [1.54, 1.807) is 50.5 Å². The normalized spacial score (nSPS) is 10.9. The van der Waals surface area contributed by atoms with Gasteiger partial charge in [-0.05, 0) is 36.4 Å². The minimum atomic E-state index is -0.225. The molecule has 36 heavy (non-hydrogen) atoms. The Kier molecular flexibility index (Phi) is 9.40. The molecule has 3 rings (SSSR count). The molecule has 1 heterocycles. The van der Waals surface area contributed by atoms with Crippen molar-refractivity contribution < 1.29 is 46.1 Å². The van der Waals surface area contributed by atoms with Gasteiger partial charge in [-0.3, -0.25) is 0 Å². The Balaban J connectivity index is 0.00000456. The van der Waals surface area contributed by atoms with Crippen molar-refractivity contribution in [3.05, 3.63) is 63.3 Å². The number of benzene rings is 2. The van der Waals surface area contributed by atoms with Crippen LogP contribution in [0.1, 0.15) is 22.5 Å². The van der Waals surface area contributed by atoms with Crippen LogP contribution in [0.4, 0.5) is 0 Å². The first kappa shape index (κ1) is 28.1. The first-order valence-corrected chi connectivity index (χ1v) is 10.6. The third-order valence-corrected chi connectivity index (χ3v) is 5.57. The molecule has 0 bridgehead atoms. The summed E-state index contributed by atoms with van der Waals surface area (Å²) in [6.07, 6.45) is 7.10. The van der Waals surface area contributed by atoms with Crippen molar-refractivity contribution in [1.29, 1.82) is 0 Å². The van der Waals surface area contributed by atoms with E-state index in [9.17, 15) is 15.0 Å². The highest BCUT2D eigenvalue weighted by atomic mass is 35.5. The van der Waals surface area contributed by atoms with Crippen molar-refractivity contribution in [2.75, 3.05) is 28.4 Å². The fraction of sp³-hybridized carbons (Fsp3) is 0.231. The molecule has 0 saturated carbocycles. The maximum atomic E-state index is 12.9. The summed E-state index contributed by atoms with van der Waals surface area (Å²) in [5.74, 6) is 1.46. The fourth-order valence-corrected chi connectivity index (χ4v) is 3.53. The number of rotatable bonds is 8. The van der Waals surface area contributed by atoms with Gasteiger partial charge >= 0.3 is 5.69 Å². The van der Waals surface area contributed by atoms with Gasteiger partial charge in [0, 0.05) is 29.3 Å². The van der Waals surface area contributed by atoms with Gasteiger partial charge in [-0.15, -0.1) is 0 Å². The first-order chi connectivity index (χ1) is 16.7. The van der Waals surface area contributed by atoms with Crippen LogP contribution in [0.25, 0.3) is 24.3 Å². The molecule has 0 atom stereocenters. The molecule has 9 nitrogen and oxygen atoms in total. The molecule has 0 aliphatic rings. The lowest BCUT2D eigenvalue weighted by Gasteiger charge is -2.10. The molecule has 0 saturated heterocycles. The van der Waals surface area contributed by atoms with Gasteiger partial charge in [0.15, 0.2) is 23.0 Å². The lowest BCUT2D eigenvalue weighted by molar-refractivity contribution is -0.692. The predicted octanol–water partition coefficient (Wildman–Crippen LogP) is 0.000200. The van der Waals surface area contributed by atoms with Crippen molar-refractivity contribution in [3.63, 3.8) is 0 Å². The zero-order chi connectivity index (χ0) is 25.7. The quantitative estimate of drug-likeness (QED) is 0.406. The second-order valence-electron chi connectivity index (χ2n) is 7.59. The van der Waals surface area contributed by atoms with Crippen LogP contribution in [0.2, 0.25) is 0 Å². The summed E-state index contributed by atoms with van der Waals surface area (Å²) >= 11 is 0. The van der Waals surface area contributed by atoms with E-state index in [-0.39, 0.29) is 29.6 Å². The van der Waals surface area contributed by atoms with E-state index < -0.39 is 0 Å². The summed E-state index contributed by atoms with van der Waals surface area (Å²) in [7, 11) is 9.30. The van der Waals surface area contributed by atoms with Crippen molar-refractivity contribution in [1.82, 2.24) is 4.57 Å². The minimum Gasteiger partial charge on any atom is -1.00 e. The molecule has 0 aliphatic heterocycles. The number of hydrogen-bond donors (Lipinski definition) is 2.